The van der Waals surface area contributed by atoms with E-state index in [2.05, 4.69) is 0 Å². The van der Waals surface area contributed by atoms with Crippen LogP contribution in [0.15, 0.2) is 11.6 Å². The van der Waals surface area contributed by atoms with Crippen LogP contribution in [0.1, 0.15) is 32.1 Å². The Morgan fingerprint density at radius 3 is 2.80 bits per heavy atom. The number of rotatable bonds is 2. The molecule has 0 unspecified atom stereocenters. The molecule has 0 atom stereocenters. The summed E-state index contributed by atoms with van der Waals surface area (Å²) in [5.41, 5.74) is 0.329. The molecule has 1 amide bonds. The third-order valence-electron chi connectivity index (χ3n) is 2.84. The van der Waals surface area contributed by atoms with Crippen molar-refractivity contribution in [2.75, 3.05) is 6.54 Å². The topological polar surface area (TPSA) is 44.1 Å². The molecule has 0 aromatic carbocycles. The lowest BCUT2D eigenvalue weighted by Crippen LogP contribution is -2.33. The summed E-state index contributed by atoms with van der Waals surface area (Å²) in [6.45, 7) is 2.69. The molecule has 1 saturated carbocycles. The van der Waals surface area contributed by atoms with E-state index < -0.39 is 0 Å². The molecule has 3 nitrogen and oxygen atoms in total. The lowest BCUT2D eigenvalue weighted by molar-refractivity contribution is -0.125. The van der Waals surface area contributed by atoms with E-state index in [0.717, 1.165) is 38.6 Å². The van der Waals surface area contributed by atoms with Crippen LogP contribution in [-0.2, 0) is 4.79 Å². The molecule has 1 heterocycles. The number of hydrogen-bond acceptors (Lipinski definition) is 2. The van der Waals surface area contributed by atoms with E-state index in [0.29, 0.717) is 11.5 Å². The number of allylic oxidation sites excluding steroid dienone is 1. The van der Waals surface area contributed by atoms with Crippen LogP contribution < -0.4 is 0 Å². The van der Waals surface area contributed by atoms with Gasteiger partial charge in [-0.05, 0) is 38.0 Å². The first-order valence-electron chi connectivity index (χ1n) is 5.57. The van der Waals surface area contributed by atoms with Crippen LogP contribution in [-0.4, -0.2) is 17.4 Å². The van der Waals surface area contributed by atoms with Gasteiger partial charge < -0.3 is 4.90 Å². The van der Waals surface area contributed by atoms with Gasteiger partial charge in [-0.2, -0.15) is 5.26 Å². The highest BCUT2D eigenvalue weighted by Crippen LogP contribution is 2.31. The normalized spacial score (nSPS) is 22.3. The monoisotopic (exact) mass is 203 g/mol. The number of carbonyl (C=O) groups excluding carboxylic acids is 1. The van der Waals surface area contributed by atoms with Gasteiger partial charge >= 0.3 is 0 Å². The Morgan fingerprint density at radius 2 is 2.27 bits per heavy atom. The molecule has 1 aliphatic carbocycles. The van der Waals surface area contributed by atoms with Crippen molar-refractivity contribution in [3.63, 3.8) is 0 Å². The number of nitriles is 1. The molecule has 79 valence electrons. The zero-order valence-electron chi connectivity index (χ0n) is 8.78. The van der Waals surface area contributed by atoms with Gasteiger partial charge in [-0.1, -0.05) is 6.08 Å². The van der Waals surface area contributed by atoms with Crippen LogP contribution in [0.4, 0.5) is 0 Å². The van der Waals surface area contributed by atoms with Gasteiger partial charge in [0.2, 0.25) is 0 Å². The molecule has 1 aliphatic heterocycles. The maximum absolute atomic E-state index is 11.9. The molecule has 2 aliphatic rings. The van der Waals surface area contributed by atoms with Crippen molar-refractivity contribution >= 4 is 5.91 Å². The van der Waals surface area contributed by atoms with E-state index in [1.165, 1.54) is 0 Å². The number of hydrogen-bond donors (Lipinski definition) is 0. The predicted molar refractivity (Wildman–Crippen MR) is 56.3 cm³/mol. The molecule has 3 heteroatoms. The first-order valence-corrected chi connectivity index (χ1v) is 5.57. The lowest BCUT2D eigenvalue weighted by Gasteiger charge is -2.25. The lowest BCUT2D eigenvalue weighted by atomic mass is 10.1. The van der Waals surface area contributed by atoms with Crippen molar-refractivity contribution in [3.05, 3.63) is 18.2 Å². The molecule has 1 radical (unpaired) electrons. The molecule has 2 rings (SSSR count). The smallest absolute Gasteiger partial charge is 0.264 e. The van der Waals surface area contributed by atoms with Gasteiger partial charge in [0.05, 0.1) is 6.54 Å². The minimum absolute atomic E-state index is 0.107. The van der Waals surface area contributed by atoms with Crippen LogP contribution in [0, 0.1) is 23.8 Å². The molecule has 1 saturated heterocycles. The summed E-state index contributed by atoms with van der Waals surface area (Å²) >= 11 is 0. The highest BCUT2D eigenvalue weighted by Gasteiger charge is 2.25. The number of carbonyl (C=O) groups is 1. The van der Waals surface area contributed by atoms with Crippen molar-refractivity contribution < 1.29 is 4.79 Å². The average molecular weight is 203 g/mol. The van der Waals surface area contributed by atoms with Crippen molar-refractivity contribution in [1.29, 1.82) is 5.26 Å². The zero-order chi connectivity index (χ0) is 10.7. The number of amides is 1. The van der Waals surface area contributed by atoms with E-state index >= 15 is 0 Å². The van der Waals surface area contributed by atoms with Gasteiger partial charge in [-0.25, -0.2) is 0 Å². The molecule has 0 aromatic rings. The standard InChI is InChI=1S/C12H15N2O/c13-9-11(8-10-4-5-10)12(15)14-6-2-1-3-7-14/h6,8,10H,1-5,7H2. The van der Waals surface area contributed by atoms with Crippen molar-refractivity contribution in [2.45, 2.75) is 32.1 Å². The largest absolute Gasteiger partial charge is 0.333 e. The van der Waals surface area contributed by atoms with Crippen molar-refractivity contribution in [3.8, 4) is 6.07 Å². The maximum atomic E-state index is 11.9. The van der Waals surface area contributed by atoms with E-state index in [-0.39, 0.29) is 5.91 Å². The summed E-state index contributed by atoms with van der Waals surface area (Å²) in [4.78, 5) is 13.6. The summed E-state index contributed by atoms with van der Waals surface area (Å²) in [7, 11) is 0. The van der Waals surface area contributed by atoms with Crippen molar-refractivity contribution in [2.24, 2.45) is 5.92 Å². The van der Waals surface area contributed by atoms with Gasteiger partial charge in [-0.3, -0.25) is 4.79 Å². The zero-order valence-corrected chi connectivity index (χ0v) is 8.78. The fourth-order valence-corrected chi connectivity index (χ4v) is 1.76. The van der Waals surface area contributed by atoms with E-state index in [9.17, 15) is 4.79 Å². The summed E-state index contributed by atoms with van der Waals surface area (Å²) < 4.78 is 0. The molecule has 0 aromatic heterocycles. The fraction of sp³-hybridized carbons (Fsp3) is 0.583. The van der Waals surface area contributed by atoms with Gasteiger partial charge in [0.1, 0.15) is 11.6 Å². The third kappa shape index (κ3) is 2.59. The highest BCUT2D eigenvalue weighted by molar-refractivity contribution is 5.97. The Bertz CT molecular complexity index is 317. The second kappa shape index (κ2) is 4.48. The molecule has 0 bridgehead atoms. The Balaban J connectivity index is 2.00. The molecule has 2 fully saturated rings. The summed E-state index contributed by atoms with van der Waals surface area (Å²) in [5.74, 6) is 0.373. The number of nitrogens with zero attached hydrogens (tertiary/aromatic N) is 2. The Hall–Kier alpha value is -1.30. The average Bonchev–Trinajstić information content (AvgIpc) is 3.10. The number of likely N-dealkylation sites (tertiary alicyclic amines) is 1. The molecule has 15 heavy (non-hydrogen) atoms. The van der Waals surface area contributed by atoms with E-state index in [1.54, 1.807) is 4.90 Å². The minimum Gasteiger partial charge on any atom is -0.333 e. The van der Waals surface area contributed by atoms with Crippen molar-refractivity contribution in [1.82, 2.24) is 4.90 Å². The SMILES string of the molecule is N#CC(=CC1CC1)C(=O)N1[CH]CCCC1. The quantitative estimate of drug-likeness (QED) is 0.509. The summed E-state index contributed by atoms with van der Waals surface area (Å²) in [5, 5.41) is 8.92. The molecule has 0 spiro atoms. The van der Waals surface area contributed by atoms with Crippen LogP contribution in [0.2, 0.25) is 0 Å². The maximum Gasteiger partial charge on any atom is 0.264 e. The predicted octanol–water partition coefficient (Wildman–Crippen LogP) is 2.02. The number of piperidine rings is 1. The van der Waals surface area contributed by atoms with Crippen LogP contribution in [0.25, 0.3) is 0 Å². The van der Waals surface area contributed by atoms with E-state index in [1.807, 2.05) is 18.7 Å². The Kier molecular flexibility index (Phi) is 3.05. The van der Waals surface area contributed by atoms with E-state index in [4.69, 9.17) is 5.26 Å². The second-order valence-corrected chi connectivity index (χ2v) is 4.21. The first-order chi connectivity index (χ1) is 7.31. The first kappa shape index (κ1) is 10.2. The van der Waals surface area contributed by atoms with Gasteiger partial charge in [-0.15, -0.1) is 0 Å². The van der Waals surface area contributed by atoms with Gasteiger partial charge in [0.15, 0.2) is 0 Å². The Labute approximate surface area is 90.4 Å². The Morgan fingerprint density at radius 1 is 1.47 bits per heavy atom. The highest BCUT2D eigenvalue weighted by atomic mass is 16.2. The summed E-state index contributed by atoms with van der Waals surface area (Å²) in [6, 6.07) is 2.02. The van der Waals surface area contributed by atoms with Gasteiger partial charge in [0.25, 0.3) is 5.91 Å². The second-order valence-electron chi connectivity index (χ2n) is 4.21. The molecular weight excluding hydrogens is 188 g/mol. The summed E-state index contributed by atoms with van der Waals surface area (Å²) in [6.07, 6.45) is 7.24. The van der Waals surface area contributed by atoms with Gasteiger partial charge in [0, 0.05) is 6.54 Å². The third-order valence-corrected chi connectivity index (χ3v) is 2.84. The van der Waals surface area contributed by atoms with Crippen LogP contribution in [0.3, 0.4) is 0 Å². The fourth-order valence-electron chi connectivity index (χ4n) is 1.76. The van der Waals surface area contributed by atoms with Crippen LogP contribution in [0.5, 0.6) is 0 Å². The molecule has 0 N–H and O–H groups in total. The molecular formula is C12H15N2O. The van der Waals surface area contributed by atoms with Crippen LogP contribution >= 0.6 is 0 Å². The minimum atomic E-state index is -0.107.